The lowest BCUT2D eigenvalue weighted by molar-refractivity contribution is 0.297. The number of nitrogens with zero attached hydrogens (tertiary/aromatic N) is 1. The van der Waals surface area contributed by atoms with E-state index in [4.69, 9.17) is 9.47 Å². The molecule has 2 rings (SSSR count). The fourth-order valence-corrected chi connectivity index (χ4v) is 3.45. The van der Waals surface area contributed by atoms with Crippen LogP contribution in [-0.2, 0) is 16.6 Å². The van der Waals surface area contributed by atoms with Gasteiger partial charge in [0.1, 0.15) is 23.0 Å². The summed E-state index contributed by atoms with van der Waals surface area (Å²) in [6.07, 6.45) is 0. The summed E-state index contributed by atoms with van der Waals surface area (Å²) in [5.74, 6) is 1.07. The first-order valence-electron chi connectivity index (χ1n) is 6.82. The summed E-state index contributed by atoms with van der Waals surface area (Å²) in [7, 11) is 0.995. The van der Waals surface area contributed by atoms with E-state index >= 15 is 0 Å². The van der Waals surface area contributed by atoms with Crippen molar-refractivity contribution in [3.8, 4) is 11.5 Å². The molecule has 0 unspecified atom stereocenters. The average molecular weight is 400 g/mol. The Morgan fingerprint density at radius 1 is 1.09 bits per heavy atom. The van der Waals surface area contributed by atoms with Crippen LogP contribution in [0.1, 0.15) is 5.56 Å². The Balaban J connectivity index is 2.26. The zero-order valence-corrected chi connectivity index (χ0v) is 15.5. The molecule has 2 aromatic carbocycles. The molecule has 0 atom stereocenters. The Bertz CT molecular complexity index is 773. The zero-order valence-electron chi connectivity index (χ0n) is 13.1. The van der Waals surface area contributed by atoms with Crippen LogP contribution in [0, 0.1) is 0 Å². The number of ether oxygens (including phenoxy) is 2. The normalized spacial score (nSPS) is 11.5. The monoisotopic (exact) mass is 399 g/mol. The van der Waals surface area contributed by atoms with Crippen molar-refractivity contribution in [3.05, 3.63) is 52.5 Å². The van der Waals surface area contributed by atoms with E-state index in [0.29, 0.717) is 10.2 Å². The summed E-state index contributed by atoms with van der Waals surface area (Å²) in [4.78, 5) is 0.130. The van der Waals surface area contributed by atoms with Crippen molar-refractivity contribution in [2.24, 2.45) is 0 Å². The van der Waals surface area contributed by atoms with Gasteiger partial charge in [-0.3, -0.25) is 0 Å². The minimum atomic E-state index is -3.59. The predicted molar refractivity (Wildman–Crippen MR) is 92.3 cm³/mol. The van der Waals surface area contributed by atoms with Crippen molar-refractivity contribution in [3.63, 3.8) is 0 Å². The number of benzene rings is 2. The van der Waals surface area contributed by atoms with Crippen molar-refractivity contribution in [1.29, 1.82) is 0 Å². The summed E-state index contributed by atoms with van der Waals surface area (Å²) in [6, 6.07) is 12.3. The summed E-state index contributed by atoms with van der Waals surface area (Å²) < 4.78 is 37.5. The fourth-order valence-electron chi connectivity index (χ4n) is 1.88. The number of sulfonamides is 1. The molecule has 2 aromatic rings. The molecule has 0 N–H and O–H groups in total. The first-order chi connectivity index (χ1) is 10.8. The highest BCUT2D eigenvalue weighted by molar-refractivity contribution is 9.10. The molecule has 0 saturated carbocycles. The molecule has 0 aliphatic heterocycles. The van der Waals surface area contributed by atoms with Crippen molar-refractivity contribution in [2.45, 2.75) is 11.5 Å². The second-order valence-corrected chi connectivity index (χ2v) is 8.05. The van der Waals surface area contributed by atoms with E-state index in [0.717, 1.165) is 15.6 Å². The van der Waals surface area contributed by atoms with E-state index in [2.05, 4.69) is 15.9 Å². The van der Waals surface area contributed by atoms with Gasteiger partial charge in [-0.1, -0.05) is 28.1 Å². The molecular weight excluding hydrogens is 382 g/mol. The van der Waals surface area contributed by atoms with Crippen LogP contribution >= 0.6 is 15.9 Å². The molecule has 0 aliphatic rings. The maximum atomic E-state index is 12.4. The Labute approximate surface area is 145 Å². The molecule has 0 amide bonds. The maximum Gasteiger partial charge on any atom is 0.246 e. The molecule has 0 radical (unpaired) electrons. The highest BCUT2D eigenvalue weighted by Crippen LogP contribution is 2.30. The van der Waals surface area contributed by atoms with Crippen molar-refractivity contribution in [2.75, 3.05) is 21.2 Å². The Hall–Kier alpha value is -1.57. The van der Waals surface area contributed by atoms with Gasteiger partial charge in [0.15, 0.2) is 0 Å². The summed E-state index contributed by atoms with van der Waals surface area (Å²) >= 11 is 3.30. The lowest BCUT2D eigenvalue weighted by atomic mass is 10.2. The molecule has 0 heterocycles. The van der Waals surface area contributed by atoms with Crippen molar-refractivity contribution < 1.29 is 17.9 Å². The van der Waals surface area contributed by atoms with E-state index in [1.807, 2.05) is 24.3 Å². The number of hydrogen-bond donors (Lipinski definition) is 0. The van der Waals surface area contributed by atoms with Crippen LogP contribution in [-0.4, -0.2) is 33.9 Å². The second-order valence-electron chi connectivity index (χ2n) is 5.02. The molecule has 7 heteroatoms. The molecule has 0 spiro atoms. The molecule has 0 aliphatic carbocycles. The van der Waals surface area contributed by atoms with Gasteiger partial charge in [-0.05, 0) is 35.9 Å². The van der Waals surface area contributed by atoms with Crippen LogP contribution in [0.5, 0.6) is 11.5 Å². The quantitative estimate of drug-likeness (QED) is 0.747. The Morgan fingerprint density at radius 2 is 1.74 bits per heavy atom. The summed E-state index contributed by atoms with van der Waals surface area (Å²) in [5.41, 5.74) is 0.918. The van der Waals surface area contributed by atoms with Gasteiger partial charge in [-0.2, -0.15) is 0 Å². The number of hydrogen-bond acceptors (Lipinski definition) is 4. The van der Waals surface area contributed by atoms with Gasteiger partial charge >= 0.3 is 0 Å². The third-order valence-electron chi connectivity index (χ3n) is 3.22. The lowest BCUT2D eigenvalue weighted by Crippen LogP contribution is -2.23. The molecule has 5 nitrogen and oxygen atoms in total. The molecular formula is C16H18BrNO4S. The summed E-state index contributed by atoms with van der Waals surface area (Å²) in [5, 5.41) is 0. The van der Waals surface area contributed by atoms with Gasteiger partial charge in [-0.15, -0.1) is 0 Å². The molecule has 0 aromatic heterocycles. The van der Waals surface area contributed by atoms with E-state index < -0.39 is 10.0 Å². The molecule has 0 saturated heterocycles. The first-order valence-corrected chi connectivity index (χ1v) is 9.05. The number of methoxy groups -OCH3 is 1. The van der Waals surface area contributed by atoms with Gasteiger partial charge < -0.3 is 9.47 Å². The first kappa shape index (κ1) is 17.8. The van der Waals surface area contributed by atoms with Gasteiger partial charge in [0.25, 0.3) is 0 Å². The molecule has 23 heavy (non-hydrogen) atoms. The van der Waals surface area contributed by atoms with Crippen molar-refractivity contribution in [1.82, 2.24) is 4.31 Å². The minimum Gasteiger partial charge on any atom is -0.497 e. The van der Waals surface area contributed by atoms with E-state index in [1.165, 1.54) is 14.1 Å². The zero-order chi connectivity index (χ0) is 17.0. The third kappa shape index (κ3) is 4.25. The average Bonchev–Trinajstić information content (AvgIpc) is 2.54. The standard InChI is InChI=1S/C16H18BrNO4S/c1-18(2)23(19,20)16-10-13(17)6-9-15(16)22-11-12-4-7-14(21-3)8-5-12/h4-10H,11H2,1-3H3. The van der Waals surface area contributed by atoms with Crippen LogP contribution in [0.15, 0.2) is 51.8 Å². The van der Waals surface area contributed by atoms with Gasteiger partial charge in [0.2, 0.25) is 10.0 Å². The Morgan fingerprint density at radius 3 is 2.30 bits per heavy atom. The minimum absolute atomic E-state index is 0.130. The predicted octanol–water partition coefficient (Wildman–Crippen LogP) is 3.29. The highest BCUT2D eigenvalue weighted by atomic mass is 79.9. The topological polar surface area (TPSA) is 55.8 Å². The van der Waals surface area contributed by atoms with Crippen LogP contribution < -0.4 is 9.47 Å². The van der Waals surface area contributed by atoms with E-state index in [-0.39, 0.29) is 11.5 Å². The van der Waals surface area contributed by atoms with E-state index in [1.54, 1.807) is 25.3 Å². The maximum absolute atomic E-state index is 12.4. The fraction of sp³-hybridized carbons (Fsp3) is 0.250. The number of rotatable bonds is 6. The van der Waals surface area contributed by atoms with Gasteiger partial charge in [0, 0.05) is 18.6 Å². The summed E-state index contributed by atoms with van der Waals surface area (Å²) in [6.45, 7) is 0.265. The molecule has 124 valence electrons. The molecule has 0 fully saturated rings. The van der Waals surface area contributed by atoms with Crippen LogP contribution in [0.2, 0.25) is 0 Å². The largest absolute Gasteiger partial charge is 0.497 e. The smallest absolute Gasteiger partial charge is 0.246 e. The van der Waals surface area contributed by atoms with Gasteiger partial charge in [-0.25, -0.2) is 12.7 Å². The highest BCUT2D eigenvalue weighted by Gasteiger charge is 2.22. The SMILES string of the molecule is COc1ccc(COc2ccc(Br)cc2S(=O)(=O)N(C)C)cc1. The van der Waals surface area contributed by atoms with Crippen LogP contribution in [0.3, 0.4) is 0 Å². The van der Waals surface area contributed by atoms with Crippen molar-refractivity contribution >= 4 is 26.0 Å². The van der Waals surface area contributed by atoms with Crippen LogP contribution in [0.4, 0.5) is 0 Å². The Kier molecular flexibility index (Phi) is 5.67. The van der Waals surface area contributed by atoms with Crippen LogP contribution in [0.25, 0.3) is 0 Å². The third-order valence-corrected chi connectivity index (χ3v) is 5.55. The van der Waals surface area contributed by atoms with Gasteiger partial charge in [0.05, 0.1) is 7.11 Å². The van der Waals surface area contributed by atoms with E-state index in [9.17, 15) is 8.42 Å². The second kappa shape index (κ2) is 7.33. The number of halogens is 1. The molecule has 0 bridgehead atoms. The lowest BCUT2D eigenvalue weighted by Gasteiger charge is -2.16.